The second kappa shape index (κ2) is 8.12. The van der Waals surface area contributed by atoms with E-state index >= 15 is 0 Å². The van der Waals surface area contributed by atoms with Crippen molar-refractivity contribution in [2.75, 3.05) is 13.2 Å². The Hall–Kier alpha value is -2.01. The fourth-order valence-corrected chi connectivity index (χ4v) is 3.42. The van der Waals surface area contributed by atoms with Crippen LogP contribution in [0.15, 0.2) is 30.3 Å². The van der Waals surface area contributed by atoms with Gasteiger partial charge >= 0.3 is 0 Å². The number of hydrogen-bond acceptors (Lipinski definition) is 2. The summed E-state index contributed by atoms with van der Waals surface area (Å²) in [5.74, 6) is -2.49. The molecular formula is C21H23F3O2. The number of benzene rings is 2. The smallest absolute Gasteiger partial charge is 0.166 e. The van der Waals surface area contributed by atoms with Crippen molar-refractivity contribution in [3.8, 4) is 16.9 Å². The van der Waals surface area contributed by atoms with E-state index < -0.39 is 17.5 Å². The van der Waals surface area contributed by atoms with E-state index in [0.717, 1.165) is 25.3 Å². The highest BCUT2D eigenvalue weighted by atomic mass is 19.2. The zero-order valence-electron chi connectivity index (χ0n) is 15.0. The molecule has 0 spiro atoms. The molecule has 0 aromatic heterocycles. The molecule has 1 fully saturated rings. The molecule has 1 heterocycles. The van der Waals surface area contributed by atoms with Gasteiger partial charge in [-0.1, -0.05) is 25.1 Å². The summed E-state index contributed by atoms with van der Waals surface area (Å²) in [6.45, 7) is 4.52. The lowest BCUT2D eigenvalue weighted by Gasteiger charge is -2.29. The Balaban J connectivity index is 1.87. The second-order valence-corrected chi connectivity index (χ2v) is 6.55. The molecule has 0 N–H and O–H groups in total. The first kappa shape index (κ1) is 18.8. The van der Waals surface area contributed by atoms with Crippen molar-refractivity contribution in [3.63, 3.8) is 0 Å². The molecule has 0 bridgehead atoms. The summed E-state index contributed by atoms with van der Waals surface area (Å²) in [5.41, 5.74) is 0.642. The minimum atomic E-state index is -0.955. The topological polar surface area (TPSA) is 18.5 Å². The lowest BCUT2D eigenvalue weighted by Crippen LogP contribution is -2.24. The Morgan fingerprint density at radius 3 is 2.46 bits per heavy atom. The second-order valence-electron chi connectivity index (χ2n) is 6.55. The first-order chi connectivity index (χ1) is 12.5. The van der Waals surface area contributed by atoms with E-state index in [-0.39, 0.29) is 28.9 Å². The van der Waals surface area contributed by atoms with Crippen molar-refractivity contribution >= 4 is 0 Å². The third-order valence-corrected chi connectivity index (χ3v) is 4.92. The summed E-state index contributed by atoms with van der Waals surface area (Å²) in [7, 11) is 0. The van der Waals surface area contributed by atoms with Crippen LogP contribution in [0.3, 0.4) is 0 Å². The highest BCUT2D eigenvalue weighted by Gasteiger charge is 2.26. The molecule has 5 heteroatoms. The SMILES string of the molecule is CCOc1ccc(-c2ccc(C3CCC(CC)OC3)c(F)c2F)cc1F. The van der Waals surface area contributed by atoms with E-state index in [1.165, 1.54) is 18.2 Å². The first-order valence-corrected chi connectivity index (χ1v) is 9.07. The molecule has 0 saturated carbocycles. The third-order valence-electron chi connectivity index (χ3n) is 4.92. The molecule has 3 rings (SSSR count). The maximum Gasteiger partial charge on any atom is 0.166 e. The van der Waals surface area contributed by atoms with Gasteiger partial charge in [-0.25, -0.2) is 13.2 Å². The Morgan fingerprint density at radius 1 is 1.04 bits per heavy atom. The number of halogens is 3. The van der Waals surface area contributed by atoms with Gasteiger partial charge in [-0.2, -0.15) is 0 Å². The van der Waals surface area contributed by atoms with Crippen LogP contribution in [0.4, 0.5) is 13.2 Å². The highest BCUT2D eigenvalue weighted by molar-refractivity contribution is 5.66. The maximum atomic E-state index is 14.7. The Kier molecular flexibility index (Phi) is 5.87. The molecule has 0 amide bonds. The summed E-state index contributed by atoms with van der Waals surface area (Å²) in [6.07, 6.45) is 2.73. The van der Waals surface area contributed by atoms with Crippen molar-refractivity contribution in [2.24, 2.45) is 0 Å². The zero-order valence-corrected chi connectivity index (χ0v) is 15.0. The molecule has 2 nitrogen and oxygen atoms in total. The van der Waals surface area contributed by atoms with Crippen LogP contribution in [0.2, 0.25) is 0 Å². The zero-order chi connectivity index (χ0) is 18.7. The molecule has 26 heavy (non-hydrogen) atoms. The maximum absolute atomic E-state index is 14.7. The quantitative estimate of drug-likeness (QED) is 0.663. The number of rotatable bonds is 5. The van der Waals surface area contributed by atoms with Crippen LogP contribution in [0.25, 0.3) is 11.1 Å². The van der Waals surface area contributed by atoms with Gasteiger partial charge in [0.15, 0.2) is 23.2 Å². The molecule has 1 aliphatic rings. The van der Waals surface area contributed by atoms with Crippen molar-refractivity contribution in [3.05, 3.63) is 53.3 Å². The summed E-state index contributed by atoms with van der Waals surface area (Å²) in [5, 5.41) is 0. The molecule has 2 aromatic rings. The minimum Gasteiger partial charge on any atom is -0.491 e. The molecule has 2 aromatic carbocycles. The number of ether oxygens (including phenoxy) is 2. The van der Waals surface area contributed by atoms with Crippen LogP contribution in [0, 0.1) is 17.5 Å². The third kappa shape index (κ3) is 3.73. The largest absolute Gasteiger partial charge is 0.491 e. The van der Waals surface area contributed by atoms with Gasteiger partial charge < -0.3 is 9.47 Å². The molecule has 1 aliphatic heterocycles. The van der Waals surface area contributed by atoms with Crippen LogP contribution in [-0.2, 0) is 4.74 Å². The van der Waals surface area contributed by atoms with Crippen LogP contribution in [-0.4, -0.2) is 19.3 Å². The van der Waals surface area contributed by atoms with Gasteiger partial charge in [0.1, 0.15) is 0 Å². The molecular weight excluding hydrogens is 341 g/mol. The van der Waals surface area contributed by atoms with Crippen molar-refractivity contribution in [1.29, 1.82) is 0 Å². The van der Waals surface area contributed by atoms with Crippen molar-refractivity contribution in [1.82, 2.24) is 0 Å². The minimum absolute atomic E-state index is 0.0383. The van der Waals surface area contributed by atoms with E-state index in [2.05, 4.69) is 6.92 Å². The normalized spacial score (nSPS) is 20.2. The predicted molar refractivity (Wildman–Crippen MR) is 94.9 cm³/mol. The molecule has 0 radical (unpaired) electrons. The van der Waals surface area contributed by atoms with Gasteiger partial charge in [0, 0.05) is 11.5 Å². The lowest BCUT2D eigenvalue weighted by molar-refractivity contribution is 0.00131. The monoisotopic (exact) mass is 364 g/mol. The number of hydrogen-bond donors (Lipinski definition) is 0. The first-order valence-electron chi connectivity index (χ1n) is 9.07. The summed E-state index contributed by atoms with van der Waals surface area (Å²) in [6, 6.07) is 7.22. The standard InChI is InChI=1S/C21H23F3O2/c1-3-15-7-5-14(12-26-15)17-9-8-16(20(23)21(17)24)13-6-10-19(25-4-2)18(22)11-13/h6,8-11,14-15H,3-5,7,12H2,1-2H3. The van der Waals surface area contributed by atoms with Gasteiger partial charge in [0.2, 0.25) is 0 Å². The van der Waals surface area contributed by atoms with Crippen LogP contribution in [0.5, 0.6) is 5.75 Å². The van der Waals surface area contributed by atoms with Gasteiger partial charge in [-0.15, -0.1) is 0 Å². The van der Waals surface area contributed by atoms with Gasteiger partial charge in [-0.3, -0.25) is 0 Å². The van der Waals surface area contributed by atoms with Crippen molar-refractivity contribution in [2.45, 2.75) is 45.1 Å². The predicted octanol–water partition coefficient (Wildman–Crippen LogP) is 5.84. The molecule has 2 atom stereocenters. The van der Waals surface area contributed by atoms with E-state index in [1.807, 2.05) is 0 Å². The Labute approximate surface area is 151 Å². The van der Waals surface area contributed by atoms with Gasteiger partial charge in [-0.05, 0) is 49.4 Å². The van der Waals surface area contributed by atoms with E-state index in [9.17, 15) is 13.2 Å². The van der Waals surface area contributed by atoms with Crippen LogP contribution in [0.1, 0.15) is 44.6 Å². The van der Waals surface area contributed by atoms with Crippen LogP contribution >= 0.6 is 0 Å². The van der Waals surface area contributed by atoms with E-state index in [1.54, 1.807) is 13.0 Å². The van der Waals surface area contributed by atoms with E-state index in [0.29, 0.717) is 18.8 Å². The van der Waals surface area contributed by atoms with Crippen LogP contribution < -0.4 is 4.74 Å². The Morgan fingerprint density at radius 2 is 1.85 bits per heavy atom. The average molecular weight is 364 g/mol. The molecule has 2 unspecified atom stereocenters. The van der Waals surface area contributed by atoms with Gasteiger partial charge in [0.25, 0.3) is 0 Å². The molecule has 140 valence electrons. The average Bonchev–Trinajstić information content (AvgIpc) is 2.66. The van der Waals surface area contributed by atoms with Gasteiger partial charge in [0.05, 0.1) is 19.3 Å². The fraction of sp³-hybridized carbons (Fsp3) is 0.429. The van der Waals surface area contributed by atoms with Crippen molar-refractivity contribution < 1.29 is 22.6 Å². The summed E-state index contributed by atoms with van der Waals surface area (Å²) < 4.78 is 54.2. The fourth-order valence-electron chi connectivity index (χ4n) is 3.42. The lowest BCUT2D eigenvalue weighted by atomic mass is 9.89. The summed E-state index contributed by atoms with van der Waals surface area (Å²) >= 11 is 0. The summed E-state index contributed by atoms with van der Waals surface area (Å²) in [4.78, 5) is 0. The molecule has 0 aliphatic carbocycles. The highest BCUT2D eigenvalue weighted by Crippen LogP contribution is 2.35. The molecule has 1 saturated heterocycles. The Bertz CT molecular complexity index is 768. The van der Waals surface area contributed by atoms with E-state index in [4.69, 9.17) is 9.47 Å².